The topological polar surface area (TPSA) is 29.3 Å². The summed E-state index contributed by atoms with van der Waals surface area (Å²) >= 11 is 1.95. The van der Waals surface area contributed by atoms with Crippen molar-refractivity contribution in [2.45, 2.75) is 31.1 Å². The minimum absolute atomic E-state index is 0.864. The molecule has 1 aliphatic rings. The predicted octanol–water partition coefficient (Wildman–Crippen LogP) is 3.16. The monoisotopic (exact) mass is 250 g/mol. The van der Waals surface area contributed by atoms with E-state index < -0.39 is 0 Å². The molecule has 1 aliphatic heterocycles. The Labute approximate surface area is 109 Å². The second-order valence-electron chi connectivity index (χ2n) is 4.78. The van der Waals surface area contributed by atoms with Crippen molar-refractivity contribution in [3.05, 3.63) is 23.8 Å². The highest BCUT2D eigenvalue weighted by Crippen LogP contribution is 2.24. The van der Waals surface area contributed by atoms with Gasteiger partial charge in [0.15, 0.2) is 0 Å². The van der Waals surface area contributed by atoms with Crippen LogP contribution in [0.1, 0.15) is 24.8 Å². The first-order valence-electron chi connectivity index (χ1n) is 6.47. The molecular formula is C14H22N2S. The number of nitrogens with two attached hydrogens (primary N) is 1. The van der Waals surface area contributed by atoms with E-state index in [1.807, 2.05) is 17.8 Å². The van der Waals surface area contributed by atoms with Crippen molar-refractivity contribution in [3.8, 4) is 0 Å². The number of aryl methyl sites for hydroxylation is 1. The lowest BCUT2D eigenvalue weighted by Gasteiger charge is -2.26. The highest BCUT2D eigenvalue weighted by Gasteiger charge is 2.09. The van der Waals surface area contributed by atoms with E-state index in [0.29, 0.717) is 0 Å². The van der Waals surface area contributed by atoms with Gasteiger partial charge in [0.2, 0.25) is 0 Å². The fourth-order valence-electron chi connectivity index (χ4n) is 2.30. The Morgan fingerprint density at radius 3 is 2.71 bits per heavy atom. The number of nitrogens with zero attached hydrogens (tertiary/aromatic N) is 1. The van der Waals surface area contributed by atoms with Crippen molar-refractivity contribution < 1.29 is 0 Å². The highest BCUT2D eigenvalue weighted by atomic mass is 32.2. The van der Waals surface area contributed by atoms with Crippen LogP contribution in [0.25, 0.3) is 0 Å². The number of likely N-dealkylation sites (tertiary alicyclic amines) is 1. The maximum Gasteiger partial charge on any atom is 0.0317 e. The molecule has 2 nitrogen and oxygen atoms in total. The molecule has 2 rings (SSSR count). The van der Waals surface area contributed by atoms with Crippen LogP contribution >= 0.6 is 11.8 Å². The van der Waals surface area contributed by atoms with Gasteiger partial charge < -0.3 is 10.6 Å². The van der Waals surface area contributed by atoms with Gasteiger partial charge in [-0.3, -0.25) is 0 Å². The van der Waals surface area contributed by atoms with Crippen LogP contribution in [-0.2, 0) is 0 Å². The summed E-state index contributed by atoms with van der Waals surface area (Å²) in [6.45, 7) is 5.94. The van der Waals surface area contributed by atoms with Crippen LogP contribution in [0, 0.1) is 6.92 Å². The lowest BCUT2D eigenvalue weighted by atomic mass is 10.1. The predicted molar refractivity (Wildman–Crippen MR) is 76.6 cm³/mol. The van der Waals surface area contributed by atoms with Crippen LogP contribution in [0.15, 0.2) is 23.1 Å². The Hall–Kier alpha value is -0.670. The third-order valence-corrected chi connectivity index (χ3v) is 4.47. The minimum Gasteiger partial charge on any atom is -0.399 e. The minimum atomic E-state index is 0.864. The zero-order valence-electron chi connectivity index (χ0n) is 10.6. The van der Waals surface area contributed by atoms with Crippen molar-refractivity contribution in [1.82, 2.24) is 4.90 Å². The second-order valence-corrected chi connectivity index (χ2v) is 5.91. The number of rotatable bonds is 4. The van der Waals surface area contributed by atoms with Gasteiger partial charge in [0, 0.05) is 22.9 Å². The van der Waals surface area contributed by atoms with Crippen LogP contribution in [-0.4, -0.2) is 30.3 Å². The summed E-state index contributed by atoms with van der Waals surface area (Å²) in [5.41, 5.74) is 7.92. The maximum absolute atomic E-state index is 5.76. The Balaban J connectivity index is 1.77. The first kappa shape index (κ1) is 12.8. The second kappa shape index (κ2) is 6.31. The molecular weight excluding hydrogens is 228 g/mol. The van der Waals surface area contributed by atoms with E-state index in [1.165, 1.54) is 55.1 Å². The zero-order valence-corrected chi connectivity index (χ0v) is 11.4. The van der Waals surface area contributed by atoms with E-state index >= 15 is 0 Å². The number of piperidine rings is 1. The summed E-state index contributed by atoms with van der Waals surface area (Å²) in [6, 6.07) is 6.20. The summed E-state index contributed by atoms with van der Waals surface area (Å²) < 4.78 is 0. The first-order chi connectivity index (χ1) is 8.25. The number of benzene rings is 1. The number of nitrogen functional groups attached to an aromatic ring is 1. The van der Waals surface area contributed by atoms with E-state index in [1.54, 1.807) is 0 Å². The summed E-state index contributed by atoms with van der Waals surface area (Å²) in [5.74, 6) is 1.19. The highest BCUT2D eigenvalue weighted by molar-refractivity contribution is 7.99. The first-order valence-corrected chi connectivity index (χ1v) is 7.45. The molecule has 94 valence electrons. The smallest absolute Gasteiger partial charge is 0.0317 e. The van der Waals surface area contributed by atoms with Crippen LogP contribution < -0.4 is 5.73 Å². The van der Waals surface area contributed by atoms with Crippen molar-refractivity contribution in [2.24, 2.45) is 0 Å². The van der Waals surface area contributed by atoms with E-state index in [2.05, 4.69) is 24.0 Å². The molecule has 0 bridgehead atoms. The molecule has 0 saturated carbocycles. The lowest BCUT2D eigenvalue weighted by molar-refractivity contribution is 0.242. The summed E-state index contributed by atoms with van der Waals surface area (Å²) in [6.07, 6.45) is 4.18. The van der Waals surface area contributed by atoms with E-state index in [4.69, 9.17) is 5.73 Å². The van der Waals surface area contributed by atoms with E-state index in [9.17, 15) is 0 Å². The van der Waals surface area contributed by atoms with Gasteiger partial charge in [-0.2, -0.15) is 0 Å². The van der Waals surface area contributed by atoms with Crippen molar-refractivity contribution in [2.75, 3.05) is 31.1 Å². The third kappa shape index (κ3) is 3.93. The summed E-state index contributed by atoms with van der Waals surface area (Å²) in [7, 11) is 0. The third-order valence-electron chi connectivity index (χ3n) is 3.31. The van der Waals surface area contributed by atoms with Crippen LogP contribution in [0.2, 0.25) is 0 Å². The van der Waals surface area contributed by atoms with Gasteiger partial charge in [-0.25, -0.2) is 0 Å². The van der Waals surface area contributed by atoms with Gasteiger partial charge in [0.25, 0.3) is 0 Å². The van der Waals surface area contributed by atoms with Crippen LogP contribution in [0.4, 0.5) is 5.69 Å². The molecule has 0 aliphatic carbocycles. The molecule has 3 heteroatoms. The Morgan fingerprint density at radius 1 is 1.24 bits per heavy atom. The van der Waals surface area contributed by atoms with Crippen molar-refractivity contribution >= 4 is 17.4 Å². The van der Waals surface area contributed by atoms with E-state index in [0.717, 1.165) is 5.69 Å². The van der Waals surface area contributed by atoms with Crippen molar-refractivity contribution in [1.29, 1.82) is 0 Å². The SMILES string of the molecule is Cc1cc(N)ccc1SCCN1CCCCC1. The molecule has 1 saturated heterocycles. The zero-order chi connectivity index (χ0) is 12.1. The molecule has 0 spiro atoms. The Morgan fingerprint density at radius 2 is 2.00 bits per heavy atom. The van der Waals surface area contributed by atoms with Gasteiger partial charge in [-0.15, -0.1) is 11.8 Å². The standard InChI is InChI=1S/C14H22N2S/c1-12-11-13(15)5-6-14(12)17-10-9-16-7-3-2-4-8-16/h5-6,11H,2-4,7-10,15H2,1H3. The maximum atomic E-state index is 5.76. The Kier molecular flexibility index (Phi) is 4.75. The Bertz CT molecular complexity index is 359. The molecule has 0 unspecified atom stereocenters. The average Bonchev–Trinajstić information content (AvgIpc) is 2.33. The van der Waals surface area contributed by atoms with E-state index in [-0.39, 0.29) is 0 Å². The van der Waals surface area contributed by atoms with Gasteiger partial charge in [-0.1, -0.05) is 6.42 Å². The molecule has 0 radical (unpaired) electrons. The van der Waals surface area contributed by atoms with Crippen molar-refractivity contribution in [3.63, 3.8) is 0 Å². The molecule has 1 fully saturated rings. The van der Waals surface area contributed by atoms with Gasteiger partial charge in [0.1, 0.15) is 0 Å². The van der Waals surface area contributed by atoms with Crippen LogP contribution in [0.3, 0.4) is 0 Å². The molecule has 17 heavy (non-hydrogen) atoms. The fraction of sp³-hybridized carbons (Fsp3) is 0.571. The fourth-order valence-corrected chi connectivity index (χ4v) is 3.32. The molecule has 2 N–H and O–H groups in total. The number of hydrogen-bond donors (Lipinski definition) is 1. The van der Waals surface area contributed by atoms with Crippen LogP contribution in [0.5, 0.6) is 0 Å². The van der Waals surface area contributed by atoms with Gasteiger partial charge in [-0.05, 0) is 56.6 Å². The number of anilines is 1. The van der Waals surface area contributed by atoms with Gasteiger partial charge >= 0.3 is 0 Å². The number of hydrogen-bond acceptors (Lipinski definition) is 3. The average molecular weight is 250 g/mol. The molecule has 1 aromatic rings. The largest absolute Gasteiger partial charge is 0.399 e. The molecule has 0 amide bonds. The molecule has 1 aromatic carbocycles. The number of thioether (sulfide) groups is 1. The quantitative estimate of drug-likeness (QED) is 0.657. The normalized spacial score (nSPS) is 17.2. The van der Waals surface area contributed by atoms with Gasteiger partial charge in [0.05, 0.1) is 0 Å². The molecule has 1 heterocycles. The summed E-state index contributed by atoms with van der Waals surface area (Å²) in [4.78, 5) is 3.96. The lowest BCUT2D eigenvalue weighted by Crippen LogP contribution is -2.31. The molecule has 0 atom stereocenters. The molecule has 0 aromatic heterocycles. The summed E-state index contributed by atoms with van der Waals surface area (Å²) in [5, 5.41) is 0.